The van der Waals surface area contributed by atoms with Crippen LogP contribution in [0.2, 0.25) is 0 Å². The Labute approximate surface area is 355 Å². The van der Waals surface area contributed by atoms with E-state index in [4.69, 9.17) is 39.9 Å². The topological polar surface area (TPSA) is 132 Å². The standard InChI is InChI=1S/C33H15N11S11/c1-2-47-25(34-1)15-3-48-26(36-15)16-4-49-27(37-16)17-5-50-28(38-17)18-6-51-29(39-18)19-7-52-30(40-19)20-8-53-31(41-20)21-9-54-32(42-21)22-10-55-33(43-22)23-11-46-14-44(23)24-12-45-13-35-24/h1-13H,14H2. The smallest absolute Gasteiger partial charge is 0.144 e. The van der Waals surface area contributed by atoms with Gasteiger partial charge in [0.1, 0.15) is 96.4 Å². The third-order valence-electron chi connectivity index (χ3n) is 7.82. The van der Waals surface area contributed by atoms with E-state index in [0.717, 1.165) is 108 Å². The summed E-state index contributed by atoms with van der Waals surface area (Å²) < 4.78 is 0. The molecule has 0 amide bonds. The molecule has 0 aliphatic carbocycles. The van der Waals surface area contributed by atoms with E-state index >= 15 is 0 Å². The summed E-state index contributed by atoms with van der Waals surface area (Å²) in [7, 11) is 0. The van der Waals surface area contributed by atoms with Gasteiger partial charge in [-0.05, 0) is 5.41 Å². The normalized spacial score (nSPS) is 13.0. The van der Waals surface area contributed by atoms with Crippen LogP contribution in [0.15, 0.2) is 70.9 Å². The SMILES string of the molecule is C1=C(c2nc(-c3nc(-c4nc(-c5nc(-c6nc(-c7nc(-c8nc(-c9nc(-c%10nccs%10)cs9)cs8)cs7)cs6)cs5)cs4)cs3)cs2)N(c2cscn2)CS1. The highest BCUT2D eigenvalue weighted by Gasteiger charge is 2.24. The molecule has 0 spiro atoms. The Kier molecular flexibility index (Phi) is 9.14. The second-order valence-corrected chi connectivity index (χ2v) is 20.5. The molecular formula is C33H15N11S11. The average molecular weight is 918 g/mol. The molecule has 22 heteroatoms. The van der Waals surface area contributed by atoms with Crippen molar-refractivity contribution in [2.24, 2.45) is 0 Å². The minimum absolute atomic E-state index is 0.826. The molecule has 10 aromatic heterocycles. The lowest BCUT2D eigenvalue weighted by atomic mass is 10.4. The van der Waals surface area contributed by atoms with Crippen LogP contribution >= 0.6 is 125 Å². The molecular weight excluding hydrogens is 903 g/mol. The molecule has 0 saturated heterocycles. The molecule has 0 fully saturated rings. The number of hydrogen-bond acceptors (Lipinski definition) is 22. The molecule has 55 heavy (non-hydrogen) atoms. The first-order chi connectivity index (χ1) is 27.2. The van der Waals surface area contributed by atoms with E-state index in [9.17, 15) is 0 Å². The van der Waals surface area contributed by atoms with Crippen LogP contribution in [0.5, 0.6) is 0 Å². The fourth-order valence-electron chi connectivity index (χ4n) is 5.29. The van der Waals surface area contributed by atoms with E-state index in [2.05, 4.69) is 31.0 Å². The molecule has 11 heterocycles. The zero-order valence-corrected chi connectivity index (χ0v) is 36.1. The molecule has 11 nitrogen and oxygen atoms in total. The van der Waals surface area contributed by atoms with Crippen molar-refractivity contribution in [1.29, 1.82) is 0 Å². The van der Waals surface area contributed by atoms with Crippen molar-refractivity contribution in [3.63, 3.8) is 0 Å². The van der Waals surface area contributed by atoms with Gasteiger partial charge in [-0.3, -0.25) is 0 Å². The maximum atomic E-state index is 4.95. The predicted molar refractivity (Wildman–Crippen MR) is 236 cm³/mol. The van der Waals surface area contributed by atoms with E-state index in [1.165, 1.54) is 0 Å². The van der Waals surface area contributed by atoms with E-state index in [-0.39, 0.29) is 0 Å². The number of nitrogens with zero attached hydrogens (tertiary/aromatic N) is 11. The van der Waals surface area contributed by atoms with Crippen molar-refractivity contribution in [1.82, 2.24) is 49.8 Å². The van der Waals surface area contributed by atoms with Crippen LogP contribution in [0.1, 0.15) is 5.01 Å². The van der Waals surface area contributed by atoms with Crippen LogP contribution in [-0.4, -0.2) is 55.7 Å². The molecule has 0 bridgehead atoms. The minimum Gasteiger partial charge on any atom is -0.312 e. The minimum atomic E-state index is 0.826. The van der Waals surface area contributed by atoms with E-state index in [0.29, 0.717) is 0 Å². The third-order valence-corrected chi connectivity index (χ3v) is 16.9. The molecule has 1 aliphatic rings. The third kappa shape index (κ3) is 6.67. The van der Waals surface area contributed by atoms with Crippen LogP contribution in [0.25, 0.3) is 91.3 Å². The lowest BCUT2D eigenvalue weighted by Gasteiger charge is -2.16. The van der Waals surface area contributed by atoms with Crippen LogP contribution < -0.4 is 4.90 Å². The Morgan fingerprint density at radius 1 is 0.400 bits per heavy atom. The summed E-state index contributed by atoms with van der Waals surface area (Å²) in [5.41, 5.74) is 9.70. The van der Waals surface area contributed by atoms with Gasteiger partial charge >= 0.3 is 0 Å². The molecule has 0 atom stereocenters. The molecule has 10 aromatic rings. The van der Waals surface area contributed by atoms with Gasteiger partial charge in [0.05, 0.1) is 17.1 Å². The first kappa shape index (κ1) is 34.4. The number of rotatable bonds is 10. The summed E-state index contributed by atoms with van der Waals surface area (Å²) in [6, 6.07) is 0. The summed E-state index contributed by atoms with van der Waals surface area (Å²) in [5.74, 6) is 1.79. The summed E-state index contributed by atoms with van der Waals surface area (Å²) in [5, 5.41) is 30.4. The van der Waals surface area contributed by atoms with Crippen molar-refractivity contribution in [2.45, 2.75) is 0 Å². The summed E-state index contributed by atoms with van der Waals surface area (Å²) >= 11 is 17.5. The first-order valence-electron chi connectivity index (χ1n) is 15.7. The van der Waals surface area contributed by atoms with Crippen molar-refractivity contribution in [2.75, 3.05) is 10.8 Å². The maximum Gasteiger partial charge on any atom is 0.144 e. The number of aromatic nitrogens is 10. The molecule has 0 aromatic carbocycles. The van der Waals surface area contributed by atoms with Crippen LogP contribution in [0, 0.1) is 0 Å². The summed E-state index contributed by atoms with van der Waals surface area (Å²) in [6.07, 6.45) is 1.79. The quantitative estimate of drug-likeness (QED) is 0.129. The molecule has 11 rings (SSSR count). The Morgan fingerprint density at radius 3 is 1.15 bits per heavy atom. The largest absolute Gasteiger partial charge is 0.312 e. The van der Waals surface area contributed by atoms with Gasteiger partial charge in [0.25, 0.3) is 0 Å². The maximum absolute atomic E-state index is 4.95. The highest BCUT2D eigenvalue weighted by molar-refractivity contribution is 8.02. The molecule has 1 aliphatic heterocycles. The fraction of sp³-hybridized carbons (Fsp3) is 0.0303. The van der Waals surface area contributed by atoms with Gasteiger partial charge in [0.15, 0.2) is 0 Å². The Balaban J connectivity index is 0.766. The van der Waals surface area contributed by atoms with Gasteiger partial charge in [-0.1, -0.05) is 0 Å². The lowest BCUT2D eigenvalue weighted by molar-refractivity contribution is 1.14. The Bertz CT molecular complexity index is 2930. The van der Waals surface area contributed by atoms with Gasteiger partial charge in [0, 0.05) is 60.0 Å². The number of thiazole rings is 10. The van der Waals surface area contributed by atoms with Crippen molar-refractivity contribution in [3.8, 4) is 85.6 Å². The van der Waals surface area contributed by atoms with Crippen molar-refractivity contribution in [3.05, 3.63) is 75.9 Å². The van der Waals surface area contributed by atoms with E-state index < -0.39 is 0 Å². The second kappa shape index (κ2) is 14.6. The zero-order valence-electron chi connectivity index (χ0n) is 27.1. The molecule has 0 saturated carbocycles. The van der Waals surface area contributed by atoms with Gasteiger partial charge in [-0.15, -0.1) is 125 Å². The highest BCUT2D eigenvalue weighted by Crippen LogP contribution is 2.41. The first-order valence-corrected chi connectivity index (χ1v) is 25.6. The number of hydrogen-bond donors (Lipinski definition) is 0. The monoisotopic (exact) mass is 917 g/mol. The van der Waals surface area contributed by atoms with Gasteiger partial charge < -0.3 is 4.90 Å². The van der Waals surface area contributed by atoms with Crippen molar-refractivity contribution < 1.29 is 0 Å². The van der Waals surface area contributed by atoms with Crippen LogP contribution in [0.4, 0.5) is 5.82 Å². The van der Waals surface area contributed by atoms with Crippen LogP contribution in [0.3, 0.4) is 0 Å². The Morgan fingerprint density at radius 2 is 0.782 bits per heavy atom. The molecule has 0 unspecified atom stereocenters. The fourth-order valence-corrected chi connectivity index (χ4v) is 14.2. The predicted octanol–water partition coefficient (Wildman–Crippen LogP) is 12.1. The molecule has 0 radical (unpaired) electrons. The number of anilines is 1. The summed E-state index contributed by atoms with van der Waals surface area (Å²) in [6.45, 7) is 0. The lowest BCUT2D eigenvalue weighted by Crippen LogP contribution is -2.16. The van der Waals surface area contributed by atoms with Gasteiger partial charge in [-0.2, -0.15) is 0 Å². The molecule has 268 valence electrons. The van der Waals surface area contributed by atoms with E-state index in [1.807, 2.05) is 48.6 Å². The van der Waals surface area contributed by atoms with Crippen molar-refractivity contribution >= 4 is 137 Å². The Hall–Kier alpha value is -3.81. The highest BCUT2D eigenvalue weighted by atomic mass is 32.2. The zero-order chi connectivity index (χ0) is 36.3. The van der Waals surface area contributed by atoms with Gasteiger partial charge in [0.2, 0.25) is 0 Å². The van der Waals surface area contributed by atoms with E-state index in [1.54, 1.807) is 131 Å². The summed E-state index contributed by atoms with van der Waals surface area (Å²) in [4.78, 5) is 50.2. The van der Waals surface area contributed by atoms with Gasteiger partial charge in [-0.25, -0.2) is 49.8 Å². The average Bonchev–Trinajstić information content (AvgIpc) is 4.08. The van der Waals surface area contributed by atoms with Crippen LogP contribution in [-0.2, 0) is 0 Å². The second-order valence-electron chi connectivity index (χ2n) is 11.2. The molecule has 0 N–H and O–H groups in total. The number of thioether (sulfide) groups is 1.